The molecule has 2 amide bonds. The zero-order valence-corrected chi connectivity index (χ0v) is 13.6. The molecule has 1 atom stereocenters. The Kier molecular flexibility index (Phi) is 6.23. The van der Waals surface area contributed by atoms with Crippen molar-refractivity contribution < 1.29 is 14.0 Å². The molecule has 0 aliphatic rings. The first-order chi connectivity index (χ1) is 11.0. The lowest BCUT2D eigenvalue weighted by Crippen LogP contribution is -2.33. The normalized spacial score (nSPS) is 11.7. The van der Waals surface area contributed by atoms with Gasteiger partial charge in [-0.25, -0.2) is 0 Å². The van der Waals surface area contributed by atoms with Crippen LogP contribution in [0.2, 0.25) is 5.02 Å². The molecule has 0 radical (unpaired) electrons. The van der Waals surface area contributed by atoms with Gasteiger partial charge >= 0.3 is 0 Å². The van der Waals surface area contributed by atoms with Gasteiger partial charge in [0.2, 0.25) is 11.8 Å². The molecule has 0 fully saturated rings. The van der Waals surface area contributed by atoms with E-state index in [0.29, 0.717) is 18.0 Å². The average Bonchev–Trinajstić information content (AvgIpc) is 3.00. The maximum Gasteiger partial charge on any atom is 0.222 e. The summed E-state index contributed by atoms with van der Waals surface area (Å²) in [6, 6.07) is 10.4. The molecule has 2 rings (SSSR count). The topological polar surface area (TPSA) is 71.3 Å². The first-order valence-electron chi connectivity index (χ1n) is 7.36. The monoisotopic (exact) mass is 334 g/mol. The first kappa shape index (κ1) is 17.1. The zero-order chi connectivity index (χ0) is 16.7. The van der Waals surface area contributed by atoms with E-state index in [1.165, 1.54) is 6.92 Å². The van der Waals surface area contributed by atoms with E-state index >= 15 is 0 Å². The highest BCUT2D eigenvalue weighted by molar-refractivity contribution is 6.30. The minimum atomic E-state index is -0.381. The highest BCUT2D eigenvalue weighted by Gasteiger charge is 2.17. The molecule has 1 aromatic carbocycles. The summed E-state index contributed by atoms with van der Waals surface area (Å²) in [6.07, 6.45) is 2.40. The van der Waals surface area contributed by atoms with Crippen LogP contribution < -0.4 is 10.6 Å². The highest BCUT2D eigenvalue weighted by Crippen LogP contribution is 2.19. The summed E-state index contributed by atoms with van der Waals surface area (Å²) < 4.78 is 5.21. The lowest BCUT2D eigenvalue weighted by atomic mass is 10.0. The predicted octanol–water partition coefficient (Wildman–Crippen LogP) is 2.86. The number of nitrogens with one attached hydrogen (secondary N) is 2. The third-order valence-electron chi connectivity index (χ3n) is 3.31. The van der Waals surface area contributed by atoms with Gasteiger partial charge in [-0.3, -0.25) is 9.59 Å². The van der Waals surface area contributed by atoms with Gasteiger partial charge in [-0.15, -0.1) is 0 Å². The number of rotatable bonds is 7. The second-order valence-electron chi connectivity index (χ2n) is 5.19. The van der Waals surface area contributed by atoms with Crippen LogP contribution in [0.15, 0.2) is 47.1 Å². The summed E-state index contributed by atoms with van der Waals surface area (Å²) in [6.45, 7) is 1.91. The van der Waals surface area contributed by atoms with E-state index in [4.69, 9.17) is 16.0 Å². The van der Waals surface area contributed by atoms with Crippen molar-refractivity contribution in [1.82, 2.24) is 10.6 Å². The molecule has 1 aromatic heterocycles. The minimum Gasteiger partial charge on any atom is -0.469 e. The van der Waals surface area contributed by atoms with Crippen molar-refractivity contribution in [3.8, 4) is 0 Å². The highest BCUT2D eigenvalue weighted by atomic mass is 35.5. The maximum absolute atomic E-state index is 12.1. The van der Waals surface area contributed by atoms with Crippen LogP contribution in [0.3, 0.4) is 0 Å². The second kappa shape index (κ2) is 8.39. The van der Waals surface area contributed by atoms with Crippen molar-refractivity contribution in [1.29, 1.82) is 0 Å². The largest absolute Gasteiger partial charge is 0.469 e. The van der Waals surface area contributed by atoms with Crippen LogP contribution in [0.1, 0.15) is 30.7 Å². The van der Waals surface area contributed by atoms with Gasteiger partial charge in [0.1, 0.15) is 5.76 Å². The number of hydrogen-bond donors (Lipinski definition) is 2. The van der Waals surface area contributed by atoms with Gasteiger partial charge in [0.15, 0.2) is 0 Å². The fourth-order valence-electron chi connectivity index (χ4n) is 2.23. The van der Waals surface area contributed by atoms with Crippen molar-refractivity contribution in [2.75, 3.05) is 6.54 Å². The van der Waals surface area contributed by atoms with E-state index in [0.717, 1.165) is 11.3 Å². The molecule has 0 aliphatic heterocycles. The molecule has 1 heterocycles. The molecule has 23 heavy (non-hydrogen) atoms. The Balaban J connectivity index is 1.89. The molecular weight excluding hydrogens is 316 g/mol. The van der Waals surface area contributed by atoms with Crippen LogP contribution in [0.25, 0.3) is 0 Å². The zero-order valence-electron chi connectivity index (χ0n) is 12.8. The summed E-state index contributed by atoms with van der Waals surface area (Å²) in [5, 5.41) is 6.23. The molecule has 5 nitrogen and oxygen atoms in total. The number of furan rings is 1. The van der Waals surface area contributed by atoms with E-state index in [9.17, 15) is 9.59 Å². The predicted molar refractivity (Wildman–Crippen MR) is 88.0 cm³/mol. The molecule has 1 unspecified atom stereocenters. The van der Waals surface area contributed by atoms with Crippen molar-refractivity contribution in [2.24, 2.45) is 0 Å². The van der Waals surface area contributed by atoms with E-state index in [1.807, 2.05) is 12.1 Å². The van der Waals surface area contributed by atoms with Crippen LogP contribution in [-0.2, 0) is 16.0 Å². The molecule has 122 valence electrons. The smallest absolute Gasteiger partial charge is 0.222 e. The van der Waals surface area contributed by atoms with Gasteiger partial charge in [-0.2, -0.15) is 0 Å². The van der Waals surface area contributed by atoms with E-state index in [2.05, 4.69) is 10.6 Å². The molecule has 0 bridgehead atoms. The Labute approximate surface area is 140 Å². The lowest BCUT2D eigenvalue weighted by Gasteiger charge is -2.18. The Morgan fingerprint density at radius 3 is 2.57 bits per heavy atom. The van der Waals surface area contributed by atoms with Crippen molar-refractivity contribution in [3.05, 3.63) is 59.0 Å². The number of halogens is 1. The maximum atomic E-state index is 12.1. The summed E-state index contributed by atoms with van der Waals surface area (Å²) in [4.78, 5) is 23.4. The Bertz CT molecular complexity index is 638. The van der Waals surface area contributed by atoms with Crippen LogP contribution >= 0.6 is 11.6 Å². The molecule has 2 N–H and O–H groups in total. The lowest BCUT2D eigenvalue weighted by molar-refractivity contribution is -0.122. The third kappa shape index (κ3) is 5.79. The van der Waals surface area contributed by atoms with Gasteiger partial charge in [0, 0.05) is 24.9 Å². The number of benzene rings is 1. The Morgan fingerprint density at radius 2 is 1.96 bits per heavy atom. The average molecular weight is 335 g/mol. The van der Waals surface area contributed by atoms with Gasteiger partial charge in [0.05, 0.1) is 18.7 Å². The Morgan fingerprint density at radius 1 is 1.22 bits per heavy atom. The summed E-state index contributed by atoms with van der Waals surface area (Å²) in [5.74, 6) is 0.500. The second-order valence-corrected chi connectivity index (χ2v) is 5.62. The molecule has 0 saturated heterocycles. The van der Waals surface area contributed by atoms with Gasteiger partial charge < -0.3 is 15.1 Å². The molecule has 0 saturated carbocycles. The van der Waals surface area contributed by atoms with Crippen LogP contribution in [0, 0.1) is 0 Å². The van der Waals surface area contributed by atoms with E-state index in [-0.39, 0.29) is 24.3 Å². The van der Waals surface area contributed by atoms with Gasteiger partial charge in [0.25, 0.3) is 0 Å². The number of carbonyl (C=O) groups is 2. The van der Waals surface area contributed by atoms with Crippen molar-refractivity contribution in [2.45, 2.75) is 25.8 Å². The first-order valence-corrected chi connectivity index (χ1v) is 7.74. The van der Waals surface area contributed by atoms with Gasteiger partial charge in [-0.1, -0.05) is 23.7 Å². The standard InChI is InChI=1S/C17H19ClN2O3/c1-12(21)20-16(13-4-6-14(18)7-5-13)11-17(22)19-9-8-15-3-2-10-23-15/h2-7,10,16H,8-9,11H2,1H3,(H,19,22)(H,20,21). The van der Waals surface area contributed by atoms with Crippen molar-refractivity contribution in [3.63, 3.8) is 0 Å². The number of hydrogen-bond acceptors (Lipinski definition) is 3. The quantitative estimate of drug-likeness (QED) is 0.818. The Hall–Kier alpha value is -2.27. The van der Waals surface area contributed by atoms with Crippen LogP contribution in [-0.4, -0.2) is 18.4 Å². The van der Waals surface area contributed by atoms with Gasteiger partial charge in [-0.05, 0) is 29.8 Å². The van der Waals surface area contributed by atoms with E-state index in [1.54, 1.807) is 30.5 Å². The van der Waals surface area contributed by atoms with Crippen LogP contribution in [0.5, 0.6) is 0 Å². The SMILES string of the molecule is CC(=O)NC(CC(=O)NCCc1ccco1)c1ccc(Cl)cc1. The van der Waals surface area contributed by atoms with Crippen LogP contribution in [0.4, 0.5) is 0 Å². The molecule has 6 heteroatoms. The van der Waals surface area contributed by atoms with Crippen molar-refractivity contribution >= 4 is 23.4 Å². The molecular formula is C17H19ClN2O3. The number of carbonyl (C=O) groups excluding carboxylic acids is 2. The fraction of sp³-hybridized carbons (Fsp3) is 0.294. The van der Waals surface area contributed by atoms with E-state index < -0.39 is 0 Å². The number of amides is 2. The summed E-state index contributed by atoms with van der Waals surface area (Å²) in [5.41, 5.74) is 0.839. The third-order valence-corrected chi connectivity index (χ3v) is 3.57. The minimum absolute atomic E-state index is 0.134. The summed E-state index contributed by atoms with van der Waals surface area (Å²) in [7, 11) is 0. The summed E-state index contributed by atoms with van der Waals surface area (Å²) >= 11 is 5.87. The molecule has 0 aliphatic carbocycles. The molecule has 2 aromatic rings. The molecule has 0 spiro atoms. The fourth-order valence-corrected chi connectivity index (χ4v) is 2.36.